The molecule has 1 N–H and O–H groups in total. The van der Waals surface area contributed by atoms with E-state index in [4.69, 9.17) is 18.9 Å². The smallest absolute Gasteiger partial charge is 0.306 e. The first-order valence-corrected chi connectivity index (χ1v) is 14.6. The van der Waals surface area contributed by atoms with Crippen LogP contribution in [0.1, 0.15) is 111 Å². The van der Waals surface area contributed by atoms with Crippen LogP contribution >= 0.6 is 0 Å². The molecule has 0 aliphatic rings. The second kappa shape index (κ2) is 17.1. The molecule has 0 bridgehead atoms. The lowest BCUT2D eigenvalue weighted by atomic mass is 9.78. The quantitative estimate of drug-likeness (QED) is 0.159. The molecule has 6 nitrogen and oxygen atoms in total. The maximum Gasteiger partial charge on any atom is 0.306 e. The highest BCUT2D eigenvalue weighted by molar-refractivity contribution is 5.69. The van der Waals surface area contributed by atoms with E-state index in [1.54, 1.807) is 0 Å². The molecule has 0 aliphatic heterocycles. The number of phenols is 1. The molecule has 0 amide bonds. The van der Waals surface area contributed by atoms with Crippen LogP contribution in [0.5, 0.6) is 5.75 Å². The van der Waals surface area contributed by atoms with E-state index in [-0.39, 0.29) is 35.9 Å². The Morgan fingerprint density at radius 1 is 0.895 bits per heavy atom. The van der Waals surface area contributed by atoms with Gasteiger partial charge in [0.05, 0.1) is 32.5 Å². The molecule has 6 heteroatoms. The third kappa shape index (κ3) is 13.4. The lowest BCUT2D eigenvalue weighted by molar-refractivity contribution is -0.147. The van der Waals surface area contributed by atoms with E-state index in [1.165, 1.54) is 19.3 Å². The van der Waals surface area contributed by atoms with Gasteiger partial charge in [-0.1, -0.05) is 86.8 Å². The van der Waals surface area contributed by atoms with Gasteiger partial charge in [0.2, 0.25) is 0 Å². The van der Waals surface area contributed by atoms with E-state index in [0.29, 0.717) is 44.5 Å². The van der Waals surface area contributed by atoms with Crippen molar-refractivity contribution in [3.63, 3.8) is 0 Å². The fraction of sp³-hybridized carbons (Fsp3) is 0.781. The maximum atomic E-state index is 12.4. The largest absolute Gasteiger partial charge is 0.507 e. The maximum absolute atomic E-state index is 12.4. The highest BCUT2D eigenvalue weighted by atomic mass is 16.6. The van der Waals surface area contributed by atoms with E-state index in [2.05, 4.69) is 55.4 Å². The van der Waals surface area contributed by atoms with Gasteiger partial charge in [0.25, 0.3) is 0 Å². The van der Waals surface area contributed by atoms with Crippen LogP contribution in [0.2, 0.25) is 0 Å². The zero-order valence-electron chi connectivity index (χ0n) is 25.8. The van der Waals surface area contributed by atoms with Gasteiger partial charge in [0.15, 0.2) is 0 Å². The van der Waals surface area contributed by atoms with Crippen molar-refractivity contribution >= 4 is 5.97 Å². The molecule has 220 valence electrons. The van der Waals surface area contributed by atoms with Gasteiger partial charge < -0.3 is 24.1 Å². The number of carbonyl (C=O) groups excluding carboxylic acids is 1. The highest BCUT2D eigenvalue weighted by Crippen LogP contribution is 2.40. The normalized spacial score (nSPS) is 13.9. The Balaban J connectivity index is 2.32. The molecular weight excluding hydrogens is 480 g/mol. The number of ether oxygens (including phenoxy) is 4. The van der Waals surface area contributed by atoms with Crippen LogP contribution in [0, 0.1) is 5.92 Å². The molecular formula is C32H56O6. The summed E-state index contributed by atoms with van der Waals surface area (Å²) in [6, 6.07) is 4.03. The molecule has 0 radical (unpaired) electrons. The molecule has 0 aliphatic carbocycles. The first kappa shape index (κ1) is 34.4. The Morgan fingerprint density at radius 3 is 2.03 bits per heavy atom. The van der Waals surface area contributed by atoms with E-state index >= 15 is 0 Å². The fourth-order valence-corrected chi connectivity index (χ4v) is 4.24. The predicted molar refractivity (Wildman–Crippen MR) is 155 cm³/mol. The summed E-state index contributed by atoms with van der Waals surface area (Å²) in [4.78, 5) is 12.4. The standard InChI is InChI=1S/C32H56O6/c1-10-12-13-25(11-2)23-36-17-16-35-18-19-37-24(3)22-38-29(33)15-14-26-20-27(31(4,5)6)30(34)28(21-26)32(7,8)9/h20-21,24-25,34H,10-19,22-23H2,1-9H3. The summed E-state index contributed by atoms with van der Waals surface area (Å²) in [7, 11) is 0. The summed E-state index contributed by atoms with van der Waals surface area (Å²) >= 11 is 0. The first-order chi connectivity index (χ1) is 17.8. The number of rotatable bonds is 18. The van der Waals surface area contributed by atoms with Crippen molar-refractivity contribution in [2.45, 2.75) is 118 Å². The van der Waals surface area contributed by atoms with Crippen molar-refractivity contribution in [2.75, 3.05) is 39.6 Å². The van der Waals surface area contributed by atoms with Gasteiger partial charge in [-0.25, -0.2) is 0 Å². The van der Waals surface area contributed by atoms with Gasteiger partial charge in [0, 0.05) is 13.0 Å². The molecule has 2 unspecified atom stereocenters. The van der Waals surface area contributed by atoms with Crippen LogP contribution < -0.4 is 0 Å². The Labute approximate surface area is 232 Å². The molecule has 0 saturated heterocycles. The molecule has 2 atom stereocenters. The summed E-state index contributed by atoms with van der Waals surface area (Å²) in [6.45, 7) is 22.0. The van der Waals surface area contributed by atoms with Crippen LogP contribution in [-0.4, -0.2) is 56.8 Å². The predicted octanol–water partition coefficient (Wildman–Crippen LogP) is 7.12. The van der Waals surface area contributed by atoms with Gasteiger partial charge in [-0.15, -0.1) is 0 Å². The second-order valence-corrected chi connectivity index (χ2v) is 12.5. The summed E-state index contributed by atoms with van der Waals surface area (Å²) < 4.78 is 22.5. The average Bonchev–Trinajstić information content (AvgIpc) is 2.83. The third-order valence-electron chi connectivity index (χ3n) is 6.78. The SMILES string of the molecule is CCCCC(CC)COCCOCCOC(C)COC(=O)CCc1cc(C(C)(C)C)c(O)c(C(C)(C)C)c1. The van der Waals surface area contributed by atoms with Crippen LogP contribution in [0.4, 0.5) is 0 Å². The summed E-state index contributed by atoms with van der Waals surface area (Å²) in [5.74, 6) is 0.747. The molecule has 1 rings (SSSR count). The van der Waals surface area contributed by atoms with Gasteiger partial charge in [-0.2, -0.15) is 0 Å². The van der Waals surface area contributed by atoms with Gasteiger partial charge in [-0.05, 0) is 53.2 Å². The van der Waals surface area contributed by atoms with Crippen molar-refractivity contribution < 1.29 is 28.8 Å². The van der Waals surface area contributed by atoms with Crippen molar-refractivity contribution in [2.24, 2.45) is 5.92 Å². The number of hydrogen-bond donors (Lipinski definition) is 1. The number of unbranched alkanes of at least 4 members (excludes halogenated alkanes) is 1. The van der Waals surface area contributed by atoms with Crippen LogP contribution in [0.25, 0.3) is 0 Å². The van der Waals surface area contributed by atoms with E-state index in [9.17, 15) is 9.90 Å². The number of benzene rings is 1. The van der Waals surface area contributed by atoms with Gasteiger partial charge >= 0.3 is 5.97 Å². The monoisotopic (exact) mass is 536 g/mol. The number of hydrogen-bond acceptors (Lipinski definition) is 6. The third-order valence-corrected chi connectivity index (χ3v) is 6.78. The minimum absolute atomic E-state index is 0.198. The van der Waals surface area contributed by atoms with Crippen LogP contribution in [0.3, 0.4) is 0 Å². The summed E-state index contributed by atoms with van der Waals surface area (Å²) in [6.07, 6.45) is 5.53. The number of phenolic OH excluding ortho intramolecular Hbond substituents is 1. The first-order valence-electron chi connectivity index (χ1n) is 14.6. The van der Waals surface area contributed by atoms with Crippen molar-refractivity contribution in [3.8, 4) is 5.75 Å². The zero-order valence-corrected chi connectivity index (χ0v) is 25.8. The number of aryl methyl sites for hydroxylation is 1. The zero-order chi connectivity index (χ0) is 28.8. The fourth-order valence-electron chi connectivity index (χ4n) is 4.24. The van der Waals surface area contributed by atoms with Crippen molar-refractivity contribution in [1.82, 2.24) is 0 Å². The molecule has 1 aromatic carbocycles. The highest BCUT2D eigenvalue weighted by Gasteiger charge is 2.26. The summed E-state index contributed by atoms with van der Waals surface area (Å²) in [5.41, 5.74) is 2.45. The molecule has 38 heavy (non-hydrogen) atoms. The van der Waals surface area contributed by atoms with Crippen LogP contribution in [0.15, 0.2) is 12.1 Å². The van der Waals surface area contributed by atoms with Crippen LogP contribution in [-0.2, 0) is 41.0 Å². The Hall–Kier alpha value is -1.63. The minimum atomic E-state index is -0.249. The lowest BCUT2D eigenvalue weighted by Crippen LogP contribution is -2.22. The lowest BCUT2D eigenvalue weighted by Gasteiger charge is -2.28. The molecule has 0 fully saturated rings. The Bertz CT molecular complexity index is 770. The molecule has 0 spiro atoms. The average molecular weight is 537 g/mol. The molecule has 1 aromatic rings. The topological polar surface area (TPSA) is 74.2 Å². The number of esters is 1. The molecule has 0 saturated carbocycles. The molecule has 0 heterocycles. The van der Waals surface area contributed by atoms with E-state index < -0.39 is 0 Å². The Morgan fingerprint density at radius 2 is 1.47 bits per heavy atom. The van der Waals surface area contributed by atoms with E-state index in [0.717, 1.165) is 29.7 Å². The van der Waals surface area contributed by atoms with Crippen molar-refractivity contribution in [3.05, 3.63) is 28.8 Å². The summed E-state index contributed by atoms with van der Waals surface area (Å²) in [5, 5.41) is 10.9. The van der Waals surface area contributed by atoms with Gasteiger partial charge in [0.1, 0.15) is 12.4 Å². The Kier molecular flexibility index (Phi) is 15.5. The number of carbonyl (C=O) groups is 1. The molecule has 0 aromatic heterocycles. The van der Waals surface area contributed by atoms with Gasteiger partial charge in [-0.3, -0.25) is 4.79 Å². The van der Waals surface area contributed by atoms with E-state index in [1.807, 2.05) is 19.1 Å². The second-order valence-electron chi connectivity index (χ2n) is 12.5. The number of aromatic hydroxyl groups is 1. The minimum Gasteiger partial charge on any atom is -0.507 e. The van der Waals surface area contributed by atoms with Crippen molar-refractivity contribution in [1.29, 1.82) is 0 Å².